The van der Waals surface area contributed by atoms with Gasteiger partial charge in [0.25, 0.3) is 0 Å². The monoisotopic (exact) mass is 145 g/mol. The first-order valence-electron chi connectivity index (χ1n) is 3.83. The Morgan fingerprint density at radius 2 is 1.70 bits per heavy atom. The van der Waals surface area contributed by atoms with Crippen molar-refractivity contribution in [3.63, 3.8) is 0 Å². The lowest BCUT2D eigenvalue weighted by atomic mass is 10.1. The standard InChI is InChI=1S/C7H15NO2/c8-5-3-1-2-4-6(9)7(5)10/h5-7,9-10H,1-4,8H2/t5-,6+,7?/m0/s1. The van der Waals surface area contributed by atoms with Crippen LogP contribution in [0, 0.1) is 0 Å². The zero-order chi connectivity index (χ0) is 7.56. The Bertz CT molecular complexity index is 95.8. The second-order valence-corrected chi connectivity index (χ2v) is 3.01. The van der Waals surface area contributed by atoms with Crippen LogP contribution in [0.1, 0.15) is 25.7 Å². The van der Waals surface area contributed by atoms with Crippen LogP contribution in [0.25, 0.3) is 0 Å². The van der Waals surface area contributed by atoms with Crippen LogP contribution in [0.3, 0.4) is 0 Å². The van der Waals surface area contributed by atoms with Gasteiger partial charge in [-0.3, -0.25) is 0 Å². The van der Waals surface area contributed by atoms with Crippen molar-refractivity contribution < 1.29 is 10.2 Å². The summed E-state index contributed by atoms with van der Waals surface area (Å²) in [5.41, 5.74) is 5.56. The number of hydrogen-bond acceptors (Lipinski definition) is 3. The van der Waals surface area contributed by atoms with Crippen LogP contribution in [-0.2, 0) is 0 Å². The molecule has 10 heavy (non-hydrogen) atoms. The van der Waals surface area contributed by atoms with Gasteiger partial charge in [0.15, 0.2) is 0 Å². The summed E-state index contributed by atoms with van der Waals surface area (Å²) in [5.74, 6) is 0. The third kappa shape index (κ3) is 1.68. The molecule has 0 spiro atoms. The molecule has 0 aromatic heterocycles. The van der Waals surface area contributed by atoms with E-state index in [9.17, 15) is 10.2 Å². The summed E-state index contributed by atoms with van der Waals surface area (Å²) in [6.07, 6.45) is 2.22. The Balaban J connectivity index is 2.46. The maximum atomic E-state index is 9.25. The lowest BCUT2D eigenvalue weighted by Gasteiger charge is -2.19. The third-order valence-electron chi connectivity index (χ3n) is 2.12. The van der Waals surface area contributed by atoms with Crippen LogP contribution < -0.4 is 5.73 Å². The first kappa shape index (κ1) is 7.98. The Hall–Kier alpha value is -0.120. The van der Waals surface area contributed by atoms with Crippen LogP contribution >= 0.6 is 0 Å². The van der Waals surface area contributed by atoms with E-state index in [2.05, 4.69) is 0 Å². The summed E-state index contributed by atoms with van der Waals surface area (Å²) in [4.78, 5) is 0. The molecule has 0 saturated heterocycles. The van der Waals surface area contributed by atoms with E-state index in [1.165, 1.54) is 0 Å². The predicted octanol–water partition coefficient (Wildman–Crippen LogP) is -0.391. The summed E-state index contributed by atoms with van der Waals surface area (Å²) in [5, 5.41) is 18.4. The fraction of sp³-hybridized carbons (Fsp3) is 1.00. The van der Waals surface area contributed by atoms with Gasteiger partial charge in [-0.15, -0.1) is 0 Å². The SMILES string of the molecule is N[C@H]1CCCC[C@@H](O)C1O. The van der Waals surface area contributed by atoms with Gasteiger partial charge in [0.1, 0.15) is 0 Å². The topological polar surface area (TPSA) is 66.5 Å². The predicted molar refractivity (Wildman–Crippen MR) is 38.5 cm³/mol. The van der Waals surface area contributed by atoms with E-state index in [1.807, 2.05) is 0 Å². The van der Waals surface area contributed by atoms with Crippen LogP contribution in [0.15, 0.2) is 0 Å². The van der Waals surface area contributed by atoms with Crippen molar-refractivity contribution in [3.8, 4) is 0 Å². The van der Waals surface area contributed by atoms with Crippen LogP contribution in [0.5, 0.6) is 0 Å². The van der Waals surface area contributed by atoms with E-state index in [-0.39, 0.29) is 6.04 Å². The highest BCUT2D eigenvalue weighted by Gasteiger charge is 2.25. The molecule has 0 radical (unpaired) electrons. The van der Waals surface area contributed by atoms with E-state index in [4.69, 9.17) is 5.73 Å². The molecule has 0 heterocycles. The molecule has 60 valence electrons. The van der Waals surface area contributed by atoms with Gasteiger partial charge in [0.05, 0.1) is 12.2 Å². The smallest absolute Gasteiger partial charge is 0.0949 e. The number of hydrogen-bond donors (Lipinski definition) is 3. The Morgan fingerprint density at radius 1 is 1.10 bits per heavy atom. The van der Waals surface area contributed by atoms with Crippen molar-refractivity contribution in [2.45, 2.75) is 43.9 Å². The second-order valence-electron chi connectivity index (χ2n) is 3.01. The van der Waals surface area contributed by atoms with Crippen LogP contribution in [-0.4, -0.2) is 28.5 Å². The van der Waals surface area contributed by atoms with Crippen molar-refractivity contribution in [1.29, 1.82) is 0 Å². The second kappa shape index (κ2) is 3.32. The normalized spacial score (nSPS) is 42.9. The van der Waals surface area contributed by atoms with E-state index in [1.54, 1.807) is 0 Å². The fourth-order valence-electron chi connectivity index (χ4n) is 1.36. The first-order valence-corrected chi connectivity index (χ1v) is 3.83. The molecule has 1 fully saturated rings. The van der Waals surface area contributed by atoms with Gasteiger partial charge in [-0.05, 0) is 12.8 Å². The number of nitrogens with two attached hydrogens (primary N) is 1. The number of rotatable bonds is 0. The summed E-state index contributed by atoms with van der Waals surface area (Å²) in [6, 6.07) is -0.225. The van der Waals surface area contributed by atoms with Crippen molar-refractivity contribution in [1.82, 2.24) is 0 Å². The van der Waals surface area contributed by atoms with Gasteiger partial charge in [0, 0.05) is 6.04 Å². The highest BCUT2D eigenvalue weighted by Crippen LogP contribution is 2.16. The van der Waals surface area contributed by atoms with Crippen molar-refractivity contribution >= 4 is 0 Å². The Morgan fingerprint density at radius 3 is 2.40 bits per heavy atom. The van der Waals surface area contributed by atoms with E-state index in [0.29, 0.717) is 6.42 Å². The average molecular weight is 145 g/mol. The van der Waals surface area contributed by atoms with Gasteiger partial charge in [-0.2, -0.15) is 0 Å². The molecule has 4 N–H and O–H groups in total. The molecule has 1 aliphatic carbocycles. The fourth-order valence-corrected chi connectivity index (χ4v) is 1.36. The molecule has 3 nitrogen and oxygen atoms in total. The van der Waals surface area contributed by atoms with Crippen molar-refractivity contribution in [2.75, 3.05) is 0 Å². The molecule has 3 heteroatoms. The molecular formula is C7H15NO2. The Labute approximate surface area is 60.9 Å². The molecule has 3 atom stereocenters. The summed E-state index contributed by atoms with van der Waals surface area (Å²) >= 11 is 0. The van der Waals surface area contributed by atoms with Gasteiger partial charge in [-0.25, -0.2) is 0 Å². The molecule has 1 rings (SSSR count). The molecule has 0 aromatic rings. The lowest BCUT2D eigenvalue weighted by Crippen LogP contribution is -2.41. The third-order valence-corrected chi connectivity index (χ3v) is 2.12. The minimum absolute atomic E-state index is 0.225. The molecule has 0 amide bonds. The molecule has 1 saturated carbocycles. The first-order chi connectivity index (χ1) is 4.72. The largest absolute Gasteiger partial charge is 0.390 e. The molecule has 1 aliphatic rings. The Kier molecular flexibility index (Phi) is 2.65. The average Bonchev–Trinajstić information content (AvgIpc) is 2.04. The molecule has 0 aliphatic heterocycles. The quantitative estimate of drug-likeness (QED) is 0.407. The van der Waals surface area contributed by atoms with E-state index >= 15 is 0 Å². The lowest BCUT2D eigenvalue weighted by molar-refractivity contribution is 0.00575. The number of aliphatic hydroxyl groups excluding tert-OH is 2. The van der Waals surface area contributed by atoms with Crippen LogP contribution in [0.4, 0.5) is 0 Å². The minimum Gasteiger partial charge on any atom is -0.390 e. The number of aliphatic hydroxyl groups is 2. The maximum absolute atomic E-state index is 9.25. The molecule has 0 aromatic carbocycles. The molecule has 0 bridgehead atoms. The van der Waals surface area contributed by atoms with Crippen LogP contribution in [0.2, 0.25) is 0 Å². The molecule has 1 unspecified atom stereocenters. The zero-order valence-electron chi connectivity index (χ0n) is 6.03. The van der Waals surface area contributed by atoms with Gasteiger partial charge in [-0.1, -0.05) is 12.8 Å². The highest BCUT2D eigenvalue weighted by atomic mass is 16.3. The van der Waals surface area contributed by atoms with Crippen molar-refractivity contribution in [3.05, 3.63) is 0 Å². The highest BCUT2D eigenvalue weighted by molar-refractivity contribution is 4.81. The van der Waals surface area contributed by atoms with Gasteiger partial charge in [0.2, 0.25) is 0 Å². The maximum Gasteiger partial charge on any atom is 0.0949 e. The zero-order valence-corrected chi connectivity index (χ0v) is 6.03. The van der Waals surface area contributed by atoms with Gasteiger partial charge >= 0.3 is 0 Å². The minimum atomic E-state index is -0.706. The summed E-state index contributed by atoms with van der Waals surface area (Å²) in [7, 11) is 0. The van der Waals surface area contributed by atoms with Gasteiger partial charge < -0.3 is 15.9 Å². The molecular weight excluding hydrogens is 130 g/mol. The van der Waals surface area contributed by atoms with Crippen molar-refractivity contribution in [2.24, 2.45) is 5.73 Å². The van der Waals surface area contributed by atoms with E-state index in [0.717, 1.165) is 19.3 Å². The summed E-state index contributed by atoms with van der Waals surface area (Å²) < 4.78 is 0. The summed E-state index contributed by atoms with van der Waals surface area (Å²) in [6.45, 7) is 0. The van der Waals surface area contributed by atoms with E-state index < -0.39 is 12.2 Å².